The molecule has 19 heavy (non-hydrogen) atoms. The van der Waals surface area contributed by atoms with Crippen molar-refractivity contribution < 1.29 is 14.3 Å². The molecule has 0 spiro atoms. The SMILES string of the molecule is COC(=O)C1COCCN1Cc1cncn1C1CC1. The number of hydrogen-bond acceptors (Lipinski definition) is 5. The van der Waals surface area contributed by atoms with E-state index in [-0.39, 0.29) is 12.0 Å². The number of methoxy groups -OCH3 is 1. The maximum atomic E-state index is 11.8. The Hall–Kier alpha value is -1.40. The van der Waals surface area contributed by atoms with Gasteiger partial charge in [0.2, 0.25) is 0 Å². The van der Waals surface area contributed by atoms with Gasteiger partial charge in [-0.1, -0.05) is 0 Å². The van der Waals surface area contributed by atoms with Gasteiger partial charge in [-0.15, -0.1) is 0 Å². The van der Waals surface area contributed by atoms with Crippen LogP contribution in [0.2, 0.25) is 0 Å². The zero-order valence-electron chi connectivity index (χ0n) is 11.1. The molecular weight excluding hydrogens is 246 g/mol. The third kappa shape index (κ3) is 2.64. The molecule has 0 amide bonds. The Morgan fingerprint density at radius 2 is 2.42 bits per heavy atom. The van der Waals surface area contributed by atoms with Gasteiger partial charge < -0.3 is 14.0 Å². The Kier molecular flexibility index (Phi) is 3.52. The summed E-state index contributed by atoms with van der Waals surface area (Å²) in [4.78, 5) is 18.1. The van der Waals surface area contributed by atoms with Gasteiger partial charge in [-0.3, -0.25) is 9.69 Å². The second-order valence-corrected chi connectivity index (χ2v) is 5.11. The second-order valence-electron chi connectivity index (χ2n) is 5.11. The van der Waals surface area contributed by atoms with E-state index in [1.54, 1.807) is 0 Å². The molecule has 0 bridgehead atoms. The van der Waals surface area contributed by atoms with Gasteiger partial charge in [0.15, 0.2) is 0 Å². The lowest BCUT2D eigenvalue weighted by Gasteiger charge is -2.33. The van der Waals surface area contributed by atoms with E-state index in [2.05, 4.69) is 14.5 Å². The number of hydrogen-bond donors (Lipinski definition) is 0. The fraction of sp³-hybridized carbons (Fsp3) is 0.692. The number of carbonyl (C=O) groups excluding carboxylic acids is 1. The van der Waals surface area contributed by atoms with E-state index in [9.17, 15) is 4.79 Å². The Bertz CT molecular complexity index is 456. The van der Waals surface area contributed by atoms with E-state index in [0.29, 0.717) is 19.3 Å². The third-order valence-electron chi connectivity index (χ3n) is 3.76. The Balaban J connectivity index is 1.72. The van der Waals surface area contributed by atoms with E-state index in [4.69, 9.17) is 9.47 Å². The smallest absolute Gasteiger partial charge is 0.325 e. The molecule has 2 heterocycles. The first-order chi connectivity index (χ1) is 9.29. The zero-order chi connectivity index (χ0) is 13.2. The summed E-state index contributed by atoms with van der Waals surface area (Å²) in [7, 11) is 1.42. The largest absolute Gasteiger partial charge is 0.468 e. The van der Waals surface area contributed by atoms with Crippen molar-refractivity contribution >= 4 is 5.97 Å². The van der Waals surface area contributed by atoms with Crippen LogP contribution in [0.15, 0.2) is 12.5 Å². The summed E-state index contributed by atoms with van der Waals surface area (Å²) in [5.74, 6) is -0.225. The first kappa shape index (κ1) is 12.6. The fourth-order valence-corrected chi connectivity index (χ4v) is 2.52. The lowest BCUT2D eigenvalue weighted by Crippen LogP contribution is -2.50. The molecule has 6 nitrogen and oxygen atoms in total. The van der Waals surface area contributed by atoms with Gasteiger partial charge >= 0.3 is 5.97 Å². The van der Waals surface area contributed by atoms with E-state index < -0.39 is 0 Å². The standard InChI is InChI=1S/C13H19N3O3/c1-18-13(17)12-8-19-5-4-15(12)7-11-6-14-9-16(11)10-2-3-10/h6,9-10,12H,2-5,7-8H2,1H3. The van der Waals surface area contributed by atoms with Gasteiger partial charge in [-0.05, 0) is 12.8 Å². The number of nitrogens with zero attached hydrogens (tertiary/aromatic N) is 3. The van der Waals surface area contributed by atoms with Crippen LogP contribution in [0.3, 0.4) is 0 Å². The number of carbonyl (C=O) groups is 1. The van der Waals surface area contributed by atoms with Crippen LogP contribution >= 0.6 is 0 Å². The highest BCUT2D eigenvalue weighted by molar-refractivity contribution is 5.75. The highest BCUT2D eigenvalue weighted by atomic mass is 16.5. The molecular formula is C13H19N3O3. The number of ether oxygens (including phenoxy) is 2. The van der Waals surface area contributed by atoms with E-state index in [1.165, 1.54) is 25.6 Å². The zero-order valence-corrected chi connectivity index (χ0v) is 11.1. The van der Waals surface area contributed by atoms with Crippen LogP contribution in [-0.4, -0.2) is 53.3 Å². The molecule has 1 atom stereocenters. The number of rotatable bonds is 4. The van der Waals surface area contributed by atoms with Gasteiger partial charge in [-0.2, -0.15) is 0 Å². The number of morpholine rings is 1. The molecule has 1 aromatic rings. The molecule has 3 rings (SSSR count). The third-order valence-corrected chi connectivity index (χ3v) is 3.76. The van der Waals surface area contributed by atoms with Crippen molar-refractivity contribution in [3.63, 3.8) is 0 Å². The van der Waals surface area contributed by atoms with Gasteiger partial charge in [0.25, 0.3) is 0 Å². The van der Waals surface area contributed by atoms with Crippen molar-refractivity contribution in [2.24, 2.45) is 0 Å². The van der Waals surface area contributed by atoms with Gasteiger partial charge in [0, 0.05) is 25.3 Å². The molecule has 1 saturated heterocycles. The maximum Gasteiger partial charge on any atom is 0.325 e. The monoisotopic (exact) mass is 265 g/mol. The molecule has 6 heteroatoms. The highest BCUT2D eigenvalue weighted by Gasteiger charge is 2.32. The average Bonchev–Trinajstić information content (AvgIpc) is 3.19. The maximum absolute atomic E-state index is 11.8. The molecule has 1 aromatic heterocycles. The predicted molar refractivity (Wildman–Crippen MR) is 67.5 cm³/mol. The van der Waals surface area contributed by atoms with Crippen molar-refractivity contribution in [3.8, 4) is 0 Å². The molecule has 1 unspecified atom stereocenters. The molecule has 2 fully saturated rings. The summed E-state index contributed by atoms with van der Waals surface area (Å²) in [6.45, 7) is 2.53. The number of esters is 1. The van der Waals surface area contributed by atoms with Crippen LogP contribution in [0.1, 0.15) is 24.6 Å². The van der Waals surface area contributed by atoms with E-state index >= 15 is 0 Å². The quantitative estimate of drug-likeness (QED) is 0.746. The van der Waals surface area contributed by atoms with Crippen LogP contribution in [0, 0.1) is 0 Å². The molecule has 0 N–H and O–H groups in total. The minimum atomic E-state index is -0.304. The van der Waals surface area contributed by atoms with Crippen LogP contribution in [0.4, 0.5) is 0 Å². The Labute approximate surface area is 112 Å². The van der Waals surface area contributed by atoms with Crippen LogP contribution in [-0.2, 0) is 20.8 Å². The first-order valence-corrected chi connectivity index (χ1v) is 6.70. The predicted octanol–water partition coefficient (Wildman–Crippen LogP) is 0.592. The van der Waals surface area contributed by atoms with Gasteiger partial charge in [0.05, 0.1) is 32.3 Å². The van der Waals surface area contributed by atoms with Crippen molar-refractivity contribution in [2.75, 3.05) is 26.9 Å². The van der Waals surface area contributed by atoms with Crippen molar-refractivity contribution in [2.45, 2.75) is 31.5 Å². The fourth-order valence-electron chi connectivity index (χ4n) is 2.52. The average molecular weight is 265 g/mol. The summed E-state index contributed by atoms with van der Waals surface area (Å²) < 4.78 is 12.5. The number of aromatic nitrogens is 2. The lowest BCUT2D eigenvalue weighted by molar-refractivity contribution is -0.153. The minimum Gasteiger partial charge on any atom is -0.468 e. The Morgan fingerprint density at radius 1 is 1.58 bits per heavy atom. The van der Waals surface area contributed by atoms with E-state index in [0.717, 1.165) is 13.1 Å². The molecule has 1 saturated carbocycles. The molecule has 0 aromatic carbocycles. The minimum absolute atomic E-state index is 0.225. The molecule has 104 valence electrons. The summed E-state index contributed by atoms with van der Waals surface area (Å²) in [5.41, 5.74) is 1.17. The Morgan fingerprint density at radius 3 is 3.16 bits per heavy atom. The molecule has 2 aliphatic rings. The van der Waals surface area contributed by atoms with E-state index in [1.807, 2.05) is 12.5 Å². The highest BCUT2D eigenvalue weighted by Crippen LogP contribution is 2.36. The molecule has 1 aliphatic carbocycles. The van der Waals surface area contributed by atoms with Gasteiger partial charge in [0.1, 0.15) is 6.04 Å². The first-order valence-electron chi connectivity index (χ1n) is 6.70. The lowest BCUT2D eigenvalue weighted by atomic mass is 10.2. The van der Waals surface area contributed by atoms with Crippen molar-refractivity contribution in [1.82, 2.24) is 14.5 Å². The van der Waals surface area contributed by atoms with Gasteiger partial charge in [-0.25, -0.2) is 4.98 Å². The van der Waals surface area contributed by atoms with Crippen LogP contribution in [0.25, 0.3) is 0 Å². The van der Waals surface area contributed by atoms with Crippen LogP contribution < -0.4 is 0 Å². The van der Waals surface area contributed by atoms with Crippen LogP contribution in [0.5, 0.6) is 0 Å². The topological polar surface area (TPSA) is 56.6 Å². The summed E-state index contributed by atoms with van der Waals surface area (Å²) >= 11 is 0. The summed E-state index contributed by atoms with van der Waals surface area (Å²) in [6.07, 6.45) is 6.24. The van der Waals surface area contributed by atoms with Crippen molar-refractivity contribution in [1.29, 1.82) is 0 Å². The normalized spacial score (nSPS) is 24.4. The summed E-state index contributed by atoms with van der Waals surface area (Å²) in [5, 5.41) is 0. The number of imidazole rings is 1. The molecule has 1 aliphatic heterocycles. The van der Waals surface area contributed by atoms with Crippen molar-refractivity contribution in [3.05, 3.63) is 18.2 Å². The summed E-state index contributed by atoms with van der Waals surface area (Å²) in [6, 6.07) is 0.302. The molecule has 0 radical (unpaired) electrons. The second kappa shape index (κ2) is 5.30.